The maximum Gasteiger partial charge on any atom is 0.573 e. The van der Waals surface area contributed by atoms with E-state index in [0.717, 1.165) is 0 Å². The highest BCUT2D eigenvalue weighted by Gasteiger charge is 2.38. The Morgan fingerprint density at radius 2 is 1.35 bits per heavy atom. The maximum absolute atomic E-state index is 12.7. The largest absolute Gasteiger partial charge is 0.573 e. The van der Waals surface area contributed by atoms with Gasteiger partial charge in [-0.3, -0.25) is 0 Å². The first-order chi connectivity index (χ1) is 7.50. The summed E-state index contributed by atoms with van der Waals surface area (Å²) in [5, 5.41) is 0. The molecule has 0 unspecified atom stereocenters. The summed E-state index contributed by atoms with van der Waals surface area (Å²) in [5.74, 6) is -5.65. The average Bonchev–Trinajstić information content (AvgIpc) is 2.05. The summed E-state index contributed by atoms with van der Waals surface area (Å²) in [7, 11) is 0. The molecule has 0 saturated heterocycles. The van der Waals surface area contributed by atoms with E-state index < -0.39 is 41.6 Å². The zero-order valence-electron chi connectivity index (χ0n) is 7.59. The van der Waals surface area contributed by atoms with Crippen molar-refractivity contribution in [2.24, 2.45) is 0 Å². The Bertz CT molecular complexity index is 419. The minimum atomic E-state index is -5.37. The van der Waals surface area contributed by atoms with Gasteiger partial charge in [0.1, 0.15) is 5.82 Å². The van der Waals surface area contributed by atoms with E-state index in [1.807, 2.05) is 0 Å². The Labute approximate surface area is 88.6 Å². The Balaban J connectivity index is 3.25. The predicted octanol–water partition coefficient (Wildman–Crippen LogP) is 3.88. The summed E-state index contributed by atoms with van der Waals surface area (Å²) in [6.07, 6.45) is -10.6. The van der Waals surface area contributed by atoms with E-state index in [1.165, 1.54) is 0 Å². The zero-order valence-corrected chi connectivity index (χ0v) is 7.59. The van der Waals surface area contributed by atoms with Crippen LogP contribution in [0.3, 0.4) is 0 Å². The monoisotopic (exact) mass is 266 g/mol. The molecule has 0 saturated carbocycles. The topological polar surface area (TPSA) is 9.23 Å². The van der Waals surface area contributed by atoms with Gasteiger partial charge < -0.3 is 4.74 Å². The van der Waals surface area contributed by atoms with E-state index >= 15 is 0 Å². The van der Waals surface area contributed by atoms with E-state index in [2.05, 4.69) is 4.74 Å². The maximum atomic E-state index is 12.7. The van der Waals surface area contributed by atoms with Crippen LogP contribution in [0.4, 0.5) is 35.1 Å². The minimum Gasteiger partial charge on any atom is -0.403 e. The lowest BCUT2D eigenvalue weighted by Crippen LogP contribution is -2.19. The molecular formula is C8H2F8O. The summed E-state index contributed by atoms with van der Waals surface area (Å²) >= 11 is 0. The van der Waals surface area contributed by atoms with Gasteiger partial charge in [-0.1, -0.05) is 0 Å². The summed E-state index contributed by atoms with van der Waals surface area (Å²) in [6, 6.07) is -0.720. The number of alkyl halides is 6. The first kappa shape index (κ1) is 13.5. The van der Waals surface area contributed by atoms with Crippen molar-refractivity contribution in [1.82, 2.24) is 0 Å². The fourth-order valence-electron chi connectivity index (χ4n) is 0.949. The first-order valence-corrected chi connectivity index (χ1v) is 3.82. The summed E-state index contributed by atoms with van der Waals surface area (Å²) in [6.45, 7) is 0. The highest BCUT2D eigenvalue weighted by Crippen LogP contribution is 2.36. The SMILES string of the molecule is Fc1cc(F)c(C(F)(F)F)cc1OC(F)(F)F. The molecule has 0 bridgehead atoms. The molecule has 17 heavy (non-hydrogen) atoms. The third kappa shape index (κ3) is 3.46. The lowest BCUT2D eigenvalue weighted by molar-refractivity contribution is -0.275. The number of halogens is 8. The van der Waals surface area contributed by atoms with E-state index in [9.17, 15) is 35.1 Å². The molecule has 0 aromatic heterocycles. The second kappa shape index (κ2) is 4.04. The predicted molar refractivity (Wildman–Crippen MR) is 38.0 cm³/mol. The third-order valence-corrected chi connectivity index (χ3v) is 1.55. The van der Waals surface area contributed by atoms with Gasteiger partial charge in [0.25, 0.3) is 0 Å². The Kier molecular flexibility index (Phi) is 3.22. The number of hydrogen-bond donors (Lipinski definition) is 0. The van der Waals surface area contributed by atoms with Gasteiger partial charge in [-0.2, -0.15) is 13.2 Å². The van der Waals surface area contributed by atoms with Crippen molar-refractivity contribution in [3.63, 3.8) is 0 Å². The molecule has 0 aliphatic heterocycles. The van der Waals surface area contributed by atoms with Crippen molar-refractivity contribution in [3.8, 4) is 5.75 Å². The van der Waals surface area contributed by atoms with E-state index in [4.69, 9.17) is 0 Å². The molecule has 0 atom stereocenters. The molecule has 9 heteroatoms. The quantitative estimate of drug-likeness (QED) is 0.701. The number of hydrogen-bond acceptors (Lipinski definition) is 1. The van der Waals surface area contributed by atoms with E-state index in [-0.39, 0.29) is 6.07 Å². The molecule has 0 amide bonds. The number of benzene rings is 1. The molecule has 1 rings (SSSR count). The molecule has 1 aromatic rings. The molecular weight excluding hydrogens is 264 g/mol. The molecule has 0 radical (unpaired) electrons. The zero-order chi connectivity index (χ0) is 13.4. The minimum absolute atomic E-state index is 0.329. The van der Waals surface area contributed by atoms with Gasteiger partial charge in [-0.25, -0.2) is 8.78 Å². The molecule has 0 fully saturated rings. The molecule has 1 aromatic carbocycles. The van der Waals surface area contributed by atoms with Crippen LogP contribution in [-0.2, 0) is 6.18 Å². The van der Waals surface area contributed by atoms with Crippen LogP contribution in [0.15, 0.2) is 12.1 Å². The molecule has 96 valence electrons. The molecule has 1 nitrogen and oxygen atoms in total. The second-order valence-corrected chi connectivity index (χ2v) is 2.81. The highest BCUT2D eigenvalue weighted by atomic mass is 19.4. The van der Waals surface area contributed by atoms with Crippen molar-refractivity contribution in [3.05, 3.63) is 29.3 Å². The lowest BCUT2D eigenvalue weighted by Gasteiger charge is -2.13. The number of rotatable bonds is 1. The van der Waals surface area contributed by atoms with Crippen molar-refractivity contribution in [1.29, 1.82) is 0 Å². The van der Waals surface area contributed by atoms with Gasteiger partial charge in [0.05, 0.1) is 5.56 Å². The van der Waals surface area contributed by atoms with Gasteiger partial charge in [0, 0.05) is 6.07 Å². The smallest absolute Gasteiger partial charge is 0.403 e. The fraction of sp³-hybridized carbons (Fsp3) is 0.250. The molecule has 0 spiro atoms. The van der Waals surface area contributed by atoms with Gasteiger partial charge >= 0.3 is 12.5 Å². The van der Waals surface area contributed by atoms with Gasteiger partial charge in [0.15, 0.2) is 11.6 Å². The van der Waals surface area contributed by atoms with E-state index in [1.54, 1.807) is 0 Å². The van der Waals surface area contributed by atoms with E-state index in [0.29, 0.717) is 0 Å². The fourth-order valence-corrected chi connectivity index (χ4v) is 0.949. The van der Waals surface area contributed by atoms with Crippen LogP contribution in [0, 0.1) is 11.6 Å². The van der Waals surface area contributed by atoms with Crippen molar-refractivity contribution < 1.29 is 39.9 Å². The van der Waals surface area contributed by atoms with Gasteiger partial charge in [-0.15, -0.1) is 13.2 Å². The molecule has 0 N–H and O–H groups in total. The van der Waals surface area contributed by atoms with Crippen molar-refractivity contribution >= 4 is 0 Å². The van der Waals surface area contributed by atoms with Gasteiger partial charge in [0.2, 0.25) is 0 Å². The van der Waals surface area contributed by atoms with Crippen LogP contribution in [0.5, 0.6) is 5.75 Å². The van der Waals surface area contributed by atoms with Gasteiger partial charge in [-0.05, 0) is 6.07 Å². The lowest BCUT2D eigenvalue weighted by atomic mass is 10.2. The Hall–Kier alpha value is -1.54. The summed E-state index contributed by atoms with van der Waals surface area (Å²) in [5.41, 5.74) is -2.04. The standard InChI is InChI=1S/C8H2F8O/c9-4-2-5(10)6(17-8(14,15)16)1-3(4)7(11,12)13/h1-2H. The van der Waals surface area contributed by atoms with Crippen LogP contribution in [0.1, 0.15) is 5.56 Å². The Morgan fingerprint density at radius 3 is 1.76 bits per heavy atom. The summed E-state index contributed by atoms with van der Waals surface area (Å²) < 4.78 is 99.7. The Morgan fingerprint density at radius 1 is 0.824 bits per heavy atom. The van der Waals surface area contributed by atoms with Crippen molar-refractivity contribution in [2.75, 3.05) is 0 Å². The van der Waals surface area contributed by atoms with Crippen LogP contribution in [0.25, 0.3) is 0 Å². The number of ether oxygens (including phenoxy) is 1. The molecule has 0 aliphatic carbocycles. The van der Waals surface area contributed by atoms with Crippen molar-refractivity contribution in [2.45, 2.75) is 12.5 Å². The normalized spacial score (nSPS) is 12.7. The highest BCUT2D eigenvalue weighted by molar-refractivity contribution is 5.33. The van der Waals surface area contributed by atoms with Crippen LogP contribution in [0.2, 0.25) is 0 Å². The molecule has 0 heterocycles. The summed E-state index contributed by atoms with van der Waals surface area (Å²) in [4.78, 5) is 0. The molecule has 0 aliphatic rings. The first-order valence-electron chi connectivity index (χ1n) is 3.82. The van der Waals surface area contributed by atoms with Crippen LogP contribution < -0.4 is 4.74 Å². The third-order valence-electron chi connectivity index (χ3n) is 1.55. The van der Waals surface area contributed by atoms with Crippen LogP contribution in [-0.4, -0.2) is 6.36 Å². The average molecular weight is 266 g/mol. The van der Waals surface area contributed by atoms with Crippen LogP contribution >= 0.6 is 0 Å². The second-order valence-electron chi connectivity index (χ2n) is 2.81.